The minimum atomic E-state index is 0.152. The first-order valence-corrected chi connectivity index (χ1v) is 5.18. The molecule has 0 atom stereocenters. The SMILES string of the molecule is C/C(=C/c1ccccc1C1CC1)CO. The van der Waals surface area contributed by atoms with E-state index in [0.717, 1.165) is 11.5 Å². The first-order valence-electron chi connectivity index (χ1n) is 5.18. The summed E-state index contributed by atoms with van der Waals surface area (Å²) >= 11 is 0. The Morgan fingerprint density at radius 1 is 1.43 bits per heavy atom. The fraction of sp³-hybridized carbons (Fsp3) is 0.385. The lowest BCUT2D eigenvalue weighted by Gasteiger charge is -2.04. The number of aliphatic hydroxyl groups is 1. The number of hydrogen-bond donors (Lipinski definition) is 1. The highest BCUT2D eigenvalue weighted by Crippen LogP contribution is 2.41. The number of benzene rings is 1. The van der Waals surface area contributed by atoms with Crippen LogP contribution in [0.4, 0.5) is 0 Å². The highest BCUT2D eigenvalue weighted by molar-refractivity contribution is 5.58. The van der Waals surface area contributed by atoms with E-state index in [1.54, 1.807) is 0 Å². The molecular formula is C13H16O. The van der Waals surface area contributed by atoms with E-state index in [0.29, 0.717) is 0 Å². The molecule has 1 fully saturated rings. The van der Waals surface area contributed by atoms with Gasteiger partial charge in [0, 0.05) is 0 Å². The van der Waals surface area contributed by atoms with Crippen molar-refractivity contribution in [2.45, 2.75) is 25.7 Å². The minimum absolute atomic E-state index is 0.152. The lowest BCUT2D eigenvalue weighted by atomic mass is 10.0. The Balaban J connectivity index is 2.31. The average Bonchev–Trinajstić information content (AvgIpc) is 3.02. The fourth-order valence-electron chi connectivity index (χ4n) is 1.72. The molecule has 1 aromatic rings. The Labute approximate surface area is 85.1 Å². The van der Waals surface area contributed by atoms with Crippen LogP contribution in [0.25, 0.3) is 6.08 Å². The summed E-state index contributed by atoms with van der Waals surface area (Å²) in [6.07, 6.45) is 4.74. The van der Waals surface area contributed by atoms with Gasteiger partial charge in [0.05, 0.1) is 6.61 Å². The summed E-state index contributed by atoms with van der Waals surface area (Å²) in [5.74, 6) is 0.772. The number of hydrogen-bond acceptors (Lipinski definition) is 1. The number of rotatable bonds is 3. The molecule has 1 heteroatoms. The van der Waals surface area contributed by atoms with Crippen LogP contribution in [0.3, 0.4) is 0 Å². The molecule has 2 rings (SSSR count). The van der Waals surface area contributed by atoms with Crippen LogP contribution in [0.1, 0.15) is 36.8 Å². The summed E-state index contributed by atoms with van der Waals surface area (Å²) in [6, 6.07) is 8.49. The van der Waals surface area contributed by atoms with Gasteiger partial charge in [0.25, 0.3) is 0 Å². The normalized spacial score (nSPS) is 17.1. The smallest absolute Gasteiger partial charge is 0.0642 e. The fourth-order valence-corrected chi connectivity index (χ4v) is 1.72. The van der Waals surface area contributed by atoms with Crippen molar-refractivity contribution in [1.29, 1.82) is 0 Å². The molecule has 0 bridgehead atoms. The third-order valence-electron chi connectivity index (χ3n) is 2.66. The van der Waals surface area contributed by atoms with Gasteiger partial charge in [-0.2, -0.15) is 0 Å². The van der Waals surface area contributed by atoms with Crippen molar-refractivity contribution in [3.8, 4) is 0 Å². The van der Waals surface area contributed by atoms with Crippen LogP contribution in [-0.4, -0.2) is 11.7 Å². The molecule has 0 radical (unpaired) electrons. The Morgan fingerprint density at radius 3 is 2.79 bits per heavy atom. The van der Waals surface area contributed by atoms with Crippen LogP contribution < -0.4 is 0 Å². The van der Waals surface area contributed by atoms with Crippen LogP contribution in [0, 0.1) is 0 Å². The topological polar surface area (TPSA) is 20.2 Å². The average molecular weight is 188 g/mol. The van der Waals surface area contributed by atoms with Crippen molar-refractivity contribution in [3.05, 3.63) is 41.0 Å². The van der Waals surface area contributed by atoms with Crippen LogP contribution in [0.2, 0.25) is 0 Å². The largest absolute Gasteiger partial charge is 0.392 e. The molecule has 1 aromatic carbocycles. The minimum Gasteiger partial charge on any atom is -0.392 e. The van der Waals surface area contributed by atoms with Gasteiger partial charge >= 0.3 is 0 Å². The zero-order chi connectivity index (χ0) is 9.97. The van der Waals surface area contributed by atoms with Crippen LogP contribution in [0.5, 0.6) is 0 Å². The van der Waals surface area contributed by atoms with E-state index < -0.39 is 0 Å². The maximum absolute atomic E-state index is 8.97. The number of aliphatic hydroxyl groups excluding tert-OH is 1. The summed E-state index contributed by atoms with van der Waals surface area (Å²) in [6.45, 7) is 2.11. The molecule has 74 valence electrons. The third-order valence-corrected chi connectivity index (χ3v) is 2.66. The second-order valence-corrected chi connectivity index (χ2v) is 4.05. The van der Waals surface area contributed by atoms with E-state index in [1.165, 1.54) is 24.0 Å². The van der Waals surface area contributed by atoms with E-state index >= 15 is 0 Å². The molecule has 1 N–H and O–H groups in total. The molecule has 0 unspecified atom stereocenters. The van der Waals surface area contributed by atoms with E-state index in [1.807, 2.05) is 6.92 Å². The van der Waals surface area contributed by atoms with Gasteiger partial charge in [0.15, 0.2) is 0 Å². The van der Waals surface area contributed by atoms with Gasteiger partial charge in [-0.15, -0.1) is 0 Å². The van der Waals surface area contributed by atoms with Crippen molar-refractivity contribution < 1.29 is 5.11 Å². The summed E-state index contributed by atoms with van der Waals surface area (Å²) in [7, 11) is 0. The predicted molar refractivity (Wildman–Crippen MR) is 59.2 cm³/mol. The predicted octanol–water partition coefficient (Wildman–Crippen LogP) is 2.96. The molecule has 0 spiro atoms. The van der Waals surface area contributed by atoms with Crippen LogP contribution in [0.15, 0.2) is 29.8 Å². The Kier molecular flexibility index (Phi) is 2.69. The highest BCUT2D eigenvalue weighted by Gasteiger charge is 2.24. The molecule has 1 nitrogen and oxygen atoms in total. The first kappa shape index (κ1) is 9.47. The van der Waals surface area contributed by atoms with Crippen molar-refractivity contribution in [2.24, 2.45) is 0 Å². The molecule has 0 heterocycles. The summed E-state index contributed by atoms with van der Waals surface area (Å²) < 4.78 is 0. The van der Waals surface area contributed by atoms with Gasteiger partial charge in [-0.25, -0.2) is 0 Å². The van der Waals surface area contributed by atoms with Crippen molar-refractivity contribution in [1.82, 2.24) is 0 Å². The lowest BCUT2D eigenvalue weighted by molar-refractivity contribution is 0.332. The monoisotopic (exact) mass is 188 g/mol. The van der Waals surface area contributed by atoms with Crippen LogP contribution in [-0.2, 0) is 0 Å². The van der Waals surface area contributed by atoms with E-state index in [4.69, 9.17) is 5.11 Å². The quantitative estimate of drug-likeness (QED) is 0.773. The zero-order valence-corrected chi connectivity index (χ0v) is 8.53. The van der Waals surface area contributed by atoms with Crippen molar-refractivity contribution in [2.75, 3.05) is 6.61 Å². The van der Waals surface area contributed by atoms with E-state index in [-0.39, 0.29) is 6.61 Å². The van der Waals surface area contributed by atoms with Gasteiger partial charge in [-0.3, -0.25) is 0 Å². The van der Waals surface area contributed by atoms with Crippen molar-refractivity contribution in [3.63, 3.8) is 0 Å². The van der Waals surface area contributed by atoms with Crippen molar-refractivity contribution >= 4 is 6.08 Å². The summed E-state index contributed by atoms with van der Waals surface area (Å²) in [5, 5.41) is 8.97. The Bertz CT molecular complexity index is 348. The van der Waals surface area contributed by atoms with Gasteiger partial charge < -0.3 is 5.11 Å². The second kappa shape index (κ2) is 3.97. The Hall–Kier alpha value is -1.08. The van der Waals surface area contributed by atoms with Crippen LogP contribution >= 0.6 is 0 Å². The molecule has 1 saturated carbocycles. The zero-order valence-electron chi connectivity index (χ0n) is 8.53. The second-order valence-electron chi connectivity index (χ2n) is 4.05. The molecular weight excluding hydrogens is 172 g/mol. The van der Waals surface area contributed by atoms with Gasteiger partial charge in [-0.1, -0.05) is 30.3 Å². The summed E-state index contributed by atoms with van der Waals surface area (Å²) in [4.78, 5) is 0. The molecule has 0 saturated heterocycles. The van der Waals surface area contributed by atoms with Gasteiger partial charge in [0.2, 0.25) is 0 Å². The van der Waals surface area contributed by atoms with E-state index in [9.17, 15) is 0 Å². The first-order chi connectivity index (χ1) is 6.81. The molecule has 1 aliphatic rings. The molecule has 14 heavy (non-hydrogen) atoms. The Morgan fingerprint density at radius 2 is 2.14 bits per heavy atom. The van der Waals surface area contributed by atoms with Gasteiger partial charge in [-0.05, 0) is 42.4 Å². The lowest BCUT2D eigenvalue weighted by Crippen LogP contribution is -1.88. The molecule has 0 amide bonds. The molecule has 0 aromatic heterocycles. The molecule has 1 aliphatic carbocycles. The highest BCUT2D eigenvalue weighted by atomic mass is 16.3. The standard InChI is InChI=1S/C13H16O/c1-10(9-14)8-12-4-2-3-5-13(12)11-6-7-11/h2-5,8,11,14H,6-7,9H2,1H3/b10-8-. The maximum atomic E-state index is 8.97. The third kappa shape index (κ3) is 2.05. The maximum Gasteiger partial charge on any atom is 0.0642 e. The van der Waals surface area contributed by atoms with E-state index in [2.05, 4.69) is 30.3 Å². The van der Waals surface area contributed by atoms with Gasteiger partial charge in [0.1, 0.15) is 0 Å². The summed E-state index contributed by atoms with van der Waals surface area (Å²) in [5.41, 5.74) is 3.75. The molecule has 0 aliphatic heterocycles.